The number of rotatable bonds is 8. The van der Waals surface area contributed by atoms with Crippen molar-refractivity contribution in [2.45, 2.75) is 43.0 Å². The summed E-state index contributed by atoms with van der Waals surface area (Å²) in [5.74, 6) is 0.586. The van der Waals surface area contributed by atoms with Crippen molar-refractivity contribution in [3.05, 3.63) is 65.8 Å². The standard InChI is InChI=1S/C23H25ClFN3O4S/c1-31-21-19(7-4-10-26-21)18-6-3-5-15(20(18)25)11-23(22-27-17(13-24)14-32-22)9-8-16(12-23)28-33(2,29)30/h3-7,10,14,16,28H,8-9,11-13H2,1-2H3/t16-,23+/m0/s1. The fourth-order valence-electron chi connectivity index (χ4n) is 4.62. The van der Waals surface area contributed by atoms with Gasteiger partial charge in [-0.05, 0) is 43.4 Å². The predicted molar refractivity (Wildman–Crippen MR) is 123 cm³/mol. The van der Waals surface area contributed by atoms with E-state index in [9.17, 15) is 8.42 Å². The van der Waals surface area contributed by atoms with Gasteiger partial charge in [-0.25, -0.2) is 27.5 Å². The monoisotopic (exact) mass is 493 g/mol. The van der Waals surface area contributed by atoms with Crippen molar-refractivity contribution in [1.29, 1.82) is 0 Å². The molecular weight excluding hydrogens is 469 g/mol. The number of nitrogens with zero attached hydrogens (tertiary/aromatic N) is 2. The fraction of sp³-hybridized carbons (Fsp3) is 0.391. The Labute approximate surface area is 197 Å². The molecule has 1 aromatic carbocycles. The number of methoxy groups -OCH3 is 1. The Morgan fingerprint density at radius 1 is 1.30 bits per heavy atom. The first-order valence-electron chi connectivity index (χ1n) is 10.5. The van der Waals surface area contributed by atoms with E-state index in [0.29, 0.717) is 59.8 Å². The topological polar surface area (TPSA) is 94.3 Å². The molecular formula is C23H25ClFN3O4S. The van der Waals surface area contributed by atoms with Crippen LogP contribution in [-0.4, -0.2) is 37.8 Å². The molecule has 7 nitrogen and oxygen atoms in total. The summed E-state index contributed by atoms with van der Waals surface area (Å²) in [6.45, 7) is 0. The number of halogens is 2. The number of hydrogen-bond donors (Lipinski definition) is 1. The number of ether oxygens (including phenoxy) is 1. The highest BCUT2D eigenvalue weighted by molar-refractivity contribution is 7.88. The summed E-state index contributed by atoms with van der Waals surface area (Å²) in [4.78, 5) is 8.69. The van der Waals surface area contributed by atoms with Crippen LogP contribution in [0.3, 0.4) is 0 Å². The molecule has 1 fully saturated rings. The van der Waals surface area contributed by atoms with Gasteiger partial charge in [0, 0.05) is 23.4 Å². The Bertz CT molecular complexity index is 1250. The summed E-state index contributed by atoms with van der Waals surface area (Å²) in [7, 11) is -1.89. The van der Waals surface area contributed by atoms with Crippen molar-refractivity contribution in [1.82, 2.24) is 14.7 Å². The van der Waals surface area contributed by atoms with Crippen LogP contribution >= 0.6 is 11.6 Å². The summed E-state index contributed by atoms with van der Waals surface area (Å²) >= 11 is 5.92. The molecule has 1 saturated carbocycles. The molecule has 3 aromatic rings. The highest BCUT2D eigenvalue weighted by Crippen LogP contribution is 2.45. The van der Waals surface area contributed by atoms with Gasteiger partial charge in [0.1, 0.15) is 12.1 Å². The van der Waals surface area contributed by atoms with E-state index in [1.807, 2.05) is 0 Å². The molecule has 33 heavy (non-hydrogen) atoms. The lowest BCUT2D eigenvalue weighted by molar-refractivity contribution is 0.315. The predicted octanol–water partition coefficient (Wildman–Crippen LogP) is 4.21. The Hall–Kier alpha value is -2.49. The van der Waals surface area contributed by atoms with Crippen LogP contribution in [0.5, 0.6) is 5.88 Å². The van der Waals surface area contributed by atoms with Crippen LogP contribution in [0, 0.1) is 5.82 Å². The number of hydrogen-bond acceptors (Lipinski definition) is 6. The van der Waals surface area contributed by atoms with Crippen LogP contribution in [-0.2, 0) is 27.7 Å². The Morgan fingerprint density at radius 3 is 2.79 bits per heavy atom. The first-order chi connectivity index (χ1) is 15.7. The third-order valence-corrected chi connectivity index (χ3v) is 7.03. The zero-order chi connectivity index (χ0) is 23.6. The second kappa shape index (κ2) is 9.40. The minimum Gasteiger partial charge on any atom is -0.481 e. The second-order valence-corrected chi connectivity index (χ2v) is 10.5. The zero-order valence-electron chi connectivity index (χ0n) is 18.3. The van der Waals surface area contributed by atoms with Gasteiger partial charge in [0.2, 0.25) is 21.8 Å². The average molecular weight is 494 g/mol. The quantitative estimate of drug-likeness (QED) is 0.472. The molecule has 10 heteroatoms. The molecule has 0 amide bonds. The molecule has 1 aliphatic carbocycles. The number of benzene rings is 1. The number of pyridine rings is 1. The number of alkyl halides is 1. The van der Waals surface area contributed by atoms with Crippen molar-refractivity contribution in [2.75, 3.05) is 13.4 Å². The summed E-state index contributed by atoms with van der Waals surface area (Å²) in [5.41, 5.74) is 1.32. The molecule has 2 atom stereocenters. The molecule has 0 unspecified atom stereocenters. The van der Waals surface area contributed by atoms with Crippen LogP contribution in [0.15, 0.2) is 47.2 Å². The minimum absolute atomic E-state index is 0.190. The van der Waals surface area contributed by atoms with E-state index in [0.717, 1.165) is 6.26 Å². The maximum Gasteiger partial charge on any atom is 0.221 e. The molecule has 2 heterocycles. The van der Waals surface area contributed by atoms with Crippen molar-refractivity contribution < 1.29 is 22.0 Å². The number of nitrogens with one attached hydrogen (secondary N) is 1. The smallest absolute Gasteiger partial charge is 0.221 e. The van der Waals surface area contributed by atoms with Gasteiger partial charge in [0.15, 0.2) is 0 Å². The van der Waals surface area contributed by atoms with E-state index in [4.69, 9.17) is 20.8 Å². The summed E-state index contributed by atoms with van der Waals surface area (Å²) in [5, 5.41) is 0. The molecule has 0 saturated heterocycles. The number of oxazole rings is 1. The lowest BCUT2D eigenvalue weighted by atomic mass is 9.79. The second-order valence-electron chi connectivity index (χ2n) is 8.40. The average Bonchev–Trinajstić information content (AvgIpc) is 3.42. The Balaban J connectivity index is 1.73. The lowest BCUT2D eigenvalue weighted by Gasteiger charge is -2.27. The molecule has 1 aliphatic rings. The van der Waals surface area contributed by atoms with E-state index in [-0.39, 0.29) is 17.7 Å². The van der Waals surface area contributed by atoms with Crippen LogP contribution in [0.4, 0.5) is 4.39 Å². The maximum absolute atomic E-state index is 15.8. The van der Waals surface area contributed by atoms with Gasteiger partial charge in [-0.15, -0.1) is 11.6 Å². The molecule has 0 aliphatic heterocycles. The van der Waals surface area contributed by atoms with Crippen molar-refractivity contribution in [2.24, 2.45) is 0 Å². The Morgan fingerprint density at radius 2 is 2.09 bits per heavy atom. The first kappa shape index (κ1) is 23.7. The summed E-state index contributed by atoms with van der Waals surface area (Å²) in [6, 6.07) is 8.39. The van der Waals surface area contributed by atoms with Crippen LogP contribution in [0.1, 0.15) is 36.4 Å². The van der Waals surface area contributed by atoms with Gasteiger partial charge < -0.3 is 9.15 Å². The van der Waals surface area contributed by atoms with Gasteiger partial charge in [-0.1, -0.05) is 18.2 Å². The molecule has 2 aromatic heterocycles. The van der Waals surface area contributed by atoms with E-state index in [1.54, 1.807) is 36.5 Å². The summed E-state index contributed by atoms with van der Waals surface area (Å²) in [6.07, 6.45) is 6.11. The fourth-order valence-corrected chi connectivity index (χ4v) is 5.55. The van der Waals surface area contributed by atoms with Gasteiger partial charge in [-0.2, -0.15) is 0 Å². The van der Waals surface area contributed by atoms with Crippen molar-refractivity contribution in [3.8, 4) is 17.0 Å². The van der Waals surface area contributed by atoms with Crippen LogP contribution in [0.25, 0.3) is 11.1 Å². The van der Waals surface area contributed by atoms with E-state index in [2.05, 4.69) is 14.7 Å². The third-order valence-electron chi connectivity index (χ3n) is 5.99. The summed E-state index contributed by atoms with van der Waals surface area (Å²) < 4.78 is 53.2. The zero-order valence-corrected chi connectivity index (χ0v) is 19.9. The maximum atomic E-state index is 15.8. The van der Waals surface area contributed by atoms with Gasteiger partial charge in [-0.3, -0.25) is 0 Å². The number of aromatic nitrogens is 2. The highest BCUT2D eigenvalue weighted by Gasteiger charge is 2.45. The van der Waals surface area contributed by atoms with E-state index in [1.165, 1.54) is 13.4 Å². The van der Waals surface area contributed by atoms with Gasteiger partial charge in [0.25, 0.3) is 0 Å². The van der Waals surface area contributed by atoms with E-state index >= 15 is 4.39 Å². The number of sulfonamides is 1. The van der Waals surface area contributed by atoms with E-state index < -0.39 is 15.4 Å². The minimum atomic E-state index is -3.39. The largest absolute Gasteiger partial charge is 0.481 e. The SMILES string of the molecule is COc1ncccc1-c1cccc(C[C@]2(c3nc(CCl)co3)CC[C@H](NS(C)(=O)=O)C2)c1F. The third kappa shape index (κ3) is 5.05. The van der Waals surface area contributed by atoms with Crippen LogP contribution in [0.2, 0.25) is 0 Å². The van der Waals surface area contributed by atoms with Crippen molar-refractivity contribution in [3.63, 3.8) is 0 Å². The molecule has 176 valence electrons. The molecule has 0 bridgehead atoms. The first-order valence-corrected chi connectivity index (χ1v) is 12.9. The molecule has 0 spiro atoms. The highest BCUT2D eigenvalue weighted by atomic mass is 35.5. The Kier molecular flexibility index (Phi) is 6.74. The molecule has 4 rings (SSSR count). The normalized spacial score (nSPS) is 20.8. The van der Waals surface area contributed by atoms with Crippen LogP contribution < -0.4 is 9.46 Å². The molecule has 0 radical (unpaired) electrons. The van der Waals surface area contributed by atoms with Gasteiger partial charge in [0.05, 0.1) is 30.4 Å². The lowest BCUT2D eigenvalue weighted by Crippen LogP contribution is -2.35. The van der Waals surface area contributed by atoms with Gasteiger partial charge >= 0.3 is 0 Å². The molecule has 1 N–H and O–H groups in total. The van der Waals surface area contributed by atoms with Crippen molar-refractivity contribution >= 4 is 21.6 Å².